The maximum atomic E-state index is 13.3. The van der Waals surface area contributed by atoms with Crippen LogP contribution in [0.25, 0.3) is 11.0 Å². The van der Waals surface area contributed by atoms with Gasteiger partial charge in [-0.05, 0) is 48.2 Å². The smallest absolute Gasteiger partial charge is 0.159 e. The first kappa shape index (κ1) is 18.1. The summed E-state index contributed by atoms with van der Waals surface area (Å²) in [6.07, 6.45) is 3.88. The molecule has 0 N–H and O–H groups in total. The third kappa shape index (κ3) is 4.17. The minimum atomic E-state index is -0.823. The molecule has 6 heteroatoms. The number of benzene rings is 2. The van der Waals surface area contributed by atoms with E-state index in [4.69, 9.17) is 4.74 Å². The van der Waals surface area contributed by atoms with Crippen LogP contribution in [-0.2, 0) is 24.9 Å². The largest absolute Gasteiger partial charge is 0.373 e. The van der Waals surface area contributed by atoms with Gasteiger partial charge in [-0.25, -0.2) is 13.8 Å². The van der Waals surface area contributed by atoms with Gasteiger partial charge in [-0.1, -0.05) is 12.1 Å². The van der Waals surface area contributed by atoms with Crippen LogP contribution >= 0.6 is 0 Å². The molecule has 2 aromatic carbocycles. The van der Waals surface area contributed by atoms with E-state index in [1.54, 1.807) is 6.07 Å². The van der Waals surface area contributed by atoms with Crippen LogP contribution in [-0.4, -0.2) is 33.6 Å². The molecule has 1 fully saturated rings. The van der Waals surface area contributed by atoms with Gasteiger partial charge in [-0.3, -0.25) is 4.90 Å². The molecule has 142 valence electrons. The van der Waals surface area contributed by atoms with Crippen molar-refractivity contribution < 1.29 is 13.5 Å². The van der Waals surface area contributed by atoms with Crippen molar-refractivity contribution in [2.24, 2.45) is 7.05 Å². The van der Waals surface area contributed by atoms with Crippen LogP contribution in [0, 0.1) is 11.6 Å². The molecule has 27 heavy (non-hydrogen) atoms. The molecule has 0 unspecified atom stereocenters. The lowest BCUT2D eigenvalue weighted by Gasteiger charge is -2.32. The molecule has 0 saturated carbocycles. The van der Waals surface area contributed by atoms with E-state index in [2.05, 4.69) is 28.1 Å². The quantitative estimate of drug-likeness (QED) is 0.678. The number of imidazole rings is 1. The molecule has 3 aromatic rings. The second kappa shape index (κ2) is 7.74. The Kier molecular flexibility index (Phi) is 5.18. The van der Waals surface area contributed by atoms with Crippen LogP contribution in [0.1, 0.15) is 24.0 Å². The van der Waals surface area contributed by atoms with Crippen molar-refractivity contribution >= 4 is 11.0 Å². The second-order valence-corrected chi connectivity index (χ2v) is 7.21. The van der Waals surface area contributed by atoms with E-state index >= 15 is 0 Å². The topological polar surface area (TPSA) is 30.3 Å². The minimum absolute atomic E-state index is 0.160. The zero-order valence-corrected chi connectivity index (χ0v) is 15.4. The fourth-order valence-corrected chi connectivity index (χ4v) is 3.62. The molecule has 4 rings (SSSR count). The molecule has 0 atom stereocenters. The van der Waals surface area contributed by atoms with Crippen LogP contribution < -0.4 is 0 Å². The highest BCUT2D eigenvalue weighted by Gasteiger charge is 2.20. The van der Waals surface area contributed by atoms with Crippen molar-refractivity contribution in [3.8, 4) is 0 Å². The molecule has 0 amide bonds. The summed E-state index contributed by atoms with van der Waals surface area (Å²) in [6, 6.07) is 10.4. The molecule has 4 nitrogen and oxygen atoms in total. The molecule has 1 aliphatic heterocycles. The molecule has 1 saturated heterocycles. The molecule has 0 radical (unpaired) electrons. The summed E-state index contributed by atoms with van der Waals surface area (Å²) in [6.45, 7) is 3.14. The van der Waals surface area contributed by atoms with E-state index in [1.165, 1.54) is 11.6 Å². The predicted molar refractivity (Wildman–Crippen MR) is 100 cm³/mol. The van der Waals surface area contributed by atoms with E-state index in [0.29, 0.717) is 12.2 Å². The van der Waals surface area contributed by atoms with Crippen molar-refractivity contribution in [3.63, 3.8) is 0 Å². The zero-order chi connectivity index (χ0) is 18.8. The molecular weight excluding hydrogens is 348 g/mol. The number of aryl methyl sites for hydroxylation is 1. The summed E-state index contributed by atoms with van der Waals surface area (Å²) >= 11 is 0. The molecule has 0 aliphatic carbocycles. The molecule has 1 aromatic heterocycles. The third-order valence-corrected chi connectivity index (χ3v) is 5.20. The van der Waals surface area contributed by atoms with Gasteiger partial charge in [-0.15, -0.1) is 0 Å². The summed E-state index contributed by atoms with van der Waals surface area (Å²) in [5.74, 6) is -1.65. The van der Waals surface area contributed by atoms with Crippen LogP contribution in [0.5, 0.6) is 0 Å². The number of ether oxygens (including phenoxy) is 1. The maximum Gasteiger partial charge on any atom is 0.159 e. The van der Waals surface area contributed by atoms with E-state index < -0.39 is 11.6 Å². The Morgan fingerprint density at radius 3 is 2.59 bits per heavy atom. The summed E-state index contributed by atoms with van der Waals surface area (Å²) in [4.78, 5) is 6.84. The number of aromatic nitrogens is 2. The highest BCUT2D eigenvalue weighted by molar-refractivity contribution is 5.75. The lowest BCUT2D eigenvalue weighted by Crippen LogP contribution is -2.36. The zero-order valence-electron chi connectivity index (χ0n) is 15.4. The Labute approximate surface area is 157 Å². The first-order valence-corrected chi connectivity index (χ1v) is 9.26. The molecule has 0 spiro atoms. The molecular formula is C21H23F2N3O. The van der Waals surface area contributed by atoms with Gasteiger partial charge in [0.2, 0.25) is 0 Å². The Morgan fingerprint density at radius 2 is 1.81 bits per heavy atom. The predicted octanol–water partition coefficient (Wildman–Crippen LogP) is 4.03. The standard InChI is InChI=1S/C21H23F2N3O/c1-25-14-24-20-11-15(3-5-21(20)25)12-26-8-6-17(7-9-26)27-13-16-2-4-18(22)19(23)10-16/h2-5,10-11,14,17H,6-9,12-13H2,1H3. The number of fused-ring (bicyclic) bond motifs is 1. The van der Waals surface area contributed by atoms with Crippen molar-refractivity contribution in [3.05, 3.63) is 65.5 Å². The monoisotopic (exact) mass is 371 g/mol. The van der Waals surface area contributed by atoms with Crippen molar-refractivity contribution in [1.29, 1.82) is 0 Å². The lowest BCUT2D eigenvalue weighted by atomic mass is 10.1. The fourth-order valence-electron chi connectivity index (χ4n) is 3.62. The van der Waals surface area contributed by atoms with Crippen LogP contribution in [0.4, 0.5) is 8.78 Å². The lowest BCUT2D eigenvalue weighted by molar-refractivity contribution is -0.00404. The summed E-state index contributed by atoms with van der Waals surface area (Å²) < 4.78 is 34.2. The highest BCUT2D eigenvalue weighted by Crippen LogP contribution is 2.20. The average Bonchev–Trinajstić information content (AvgIpc) is 3.04. The third-order valence-electron chi connectivity index (χ3n) is 5.20. The maximum absolute atomic E-state index is 13.3. The Hall–Kier alpha value is -2.31. The SMILES string of the molecule is Cn1cnc2cc(CN3CCC(OCc4ccc(F)c(F)c4)CC3)ccc21. The van der Waals surface area contributed by atoms with E-state index in [0.717, 1.165) is 49.6 Å². The Morgan fingerprint density at radius 1 is 1.04 bits per heavy atom. The molecule has 0 bridgehead atoms. The minimum Gasteiger partial charge on any atom is -0.373 e. The number of likely N-dealkylation sites (tertiary alicyclic amines) is 1. The summed E-state index contributed by atoms with van der Waals surface area (Å²) in [5.41, 5.74) is 4.10. The number of halogens is 2. The Bertz CT molecular complexity index is 932. The van der Waals surface area contributed by atoms with Gasteiger partial charge < -0.3 is 9.30 Å². The van der Waals surface area contributed by atoms with Crippen LogP contribution in [0.15, 0.2) is 42.7 Å². The number of hydrogen-bond donors (Lipinski definition) is 0. The summed E-state index contributed by atoms with van der Waals surface area (Å²) in [7, 11) is 2.00. The van der Waals surface area contributed by atoms with Crippen LogP contribution in [0.2, 0.25) is 0 Å². The highest BCUT2D eigenvalue weighted by atomic mass is 19.2. The van der Waals surface area contributed by atoms with Gasteiger partial charge in [0, 0.05) is 26.7 Å². The average molecular weight is 371 g/mol. The van der Waals surface area contributed by atoms with Crippen molar-refractivity contribution in [2.75, 3.05) is 13.1 Å². The van der Waals surface area contributed by atoms with Gasteiger partial charge in [0.1, 0.15) is 0 Å². The normalized spacial score (nSPS) is 16.3. The number of nitrogens with zero attached hydrogens (tertiary/aromatic N) is 3. The van der Waals surface area contributed by atoms with Gasteiger partial charge in [0.15, 0.2) is 11.6 Å². The van der Waals surface area contributed by atoms with Crippen LogP contribution in [0.3, 0.4) is 0 Å². The first-order chi connectivity index (χ1) is 13.1. The second-order valence-electron chi connectivity index (χ2n) is 7.21. The van der Waals surface area contributed by atoms with Crippen molar-refractivity contribution in [2.45, 2.75) is 32.1 Å². The molecule has 1 aliphatic rings. The molecule has 2 heterocycles. The van der Waals surface area contributed by atoms with Crippen molar-refractivity contribution in [1.82, 2.24) is 14.5 Å². The van der Waals surface area contributed by atoms with Gasteiger partial charge in [-0.2, -0.15) is 0 Å². The van der Waals surface area contributed by atoms with E-state index in [-0.39, 0.29) is 6.10 Å². The van der Waals surface area contributed by atoms with Gasteiger partial charge >= 0.3 is 0 Å². The Balaban J connectivity index is 1.27. The number of hydrogen-bond acceptors (Lipinski definition) is 3. The van der Waals surface area contributed by atoms with E-state index in [1.807, 2.05) is 17.9 Å². The van der Waals surface area contributed by atoms with Gasteiger partial charge in [0.25, 0.3) is 0 Å². The summed E-state index contributed by atoms with van der Waals surface area (Å²) in [5, 5.41) is 0. The fraction of sp³-hybridized carbons (Fsp3) is 0.381. The first-order valence-electron chi connectivity index (χ1n) is 9.26. The van der Waals surface area contributed by atoms with E-state index in [9.17, 15) is 8.78 Å². The number of piperidine rings is 1. The van der Waals surface area contributed by atoms with Gasteiger partial charge in [0.05, 0.1) is 30.1 Å². The number of rotatable bonds is 5.